The lowest BCUT2D eigenvalue weighted by Crippen LogP contribution is -2.35. The Bertz CT molecular complexity index is 934. The molecule has 1 N–H and O–H groups in total. The molecule has 28 heavy (non-hydrogen) atoms. The summed E-state index contributed by atoms with van der Waals surface area (Å²) in [6.45, 7) is 7.70. The van der Waals surface area contributed by atoms with Gasteiger partial charge in [-0.15, -0.1) is 12.4 Å². The first-order valence-electron chi connectivity index (χ1n) is 9.40. The van der Waals surface area contributed by atoms with Crippen LogP contribution in [0, 0.1) is 0 Å². The highest BCUT2D eigenvalue weighted by Crippen LogP contribution is 2.34. The highest BCUT2D eigenvalue weighted by Gasteiger charge is 2.21. The number of amides is 1. The SMILES string of the molecule is CCN(CC)CCNC(=O)c1c2ccc(Cl)cc2c(-c2ccccc2)n1C.Cl. The quantitative estimate of drug-likeness (QED) is 0.585. The first-order valence-corrected chi connectivity index (χ1v) is 9.78. The van der Waals surface area contributed by atoms with E-state index in [2.05, 4.69) is 36.2 Å². The third kappa shape index (κ3) is 4.52. The van der Waals surface area contributed by atoms with E-state index in [4.69, 9.17) is 11.6 Å². The zero-order valence-corrected chi connectivity index (χ0v) is 18.1. The molecule has 0 radical (unpaired) electrons. The minimum Gasteiger partial charge on any atom is -0.349 e. The molecular formula is C22H27Cl2N3O. The van der Waals surface area contributed by atoms with Gasteiger partial charge in [-0.25, -0.2) is 0 Å². The molecule has 1 heterocycles. The molecule has 6 heteroatoms. The monoisotopic (exact) mass is 419 g/mol. The summed E-state index contributed by atoms with van der Waals surface area (Å²) in [4.78, 5) is 15.3. The van der Waals surface area contributed by atoms with Crippen LogP contribution in [0.5, 0.6) is 0 Å². The zero-order chi connectivity index (χ0) is 19.4. The van der Waals surface area contributed by atoms with Gasteiger partial charge < -0.3 is 14.8 Å². The number of likely N-dealkylation sites (N-methyl/N-ethyl adjacent to an activating group) is 1. The van der Waals surface area contributed by atoms with Gasteiger partial charge in [0, 0.05) is 35.9 Å². The standard InChI is InChI=1S/C22H26ClN3O.ClH/c1-4-26(5-2)14-13-24-22(27)21-18-12-11-17(23)15-19(18)20(25(21)3)16-9-7-6-8-10-16;/h6-12,15H,4-5,13-14H2,1-3H3,(H,24,27);1H. The maximum atomic E-state index is 13.0. The van der Waals surface area contributed by atoms with Crippen molar-refractivity contribution in [1.82, 2.24) is 14.8 Å². The number of nitrogens with zero attached hydrogens (tertiary/aromatic N) is 2. The minimum absolute atomic E-state index is 0. The van der Waals surface area contributed by atoms with Gasteiger partial charge >= 0.3 is 0 Å². The Morgan fingerprint density at radius 2 is 1.75 bits per heavy atom. The van der Waals surface area contributed by atoms with Crippen molar-refractivity contribution < 1.29 is 4.79 Å². The molecular weight excluding hydrogens is 393 g/mol. The van der Waals surface area contributed by atoms with Crippen LogP contribution in [-0.2, 0) is 7.05 Å². The fourth-order valence-corrected chi connectivity index (χ4v) is 3.74. The second kappa shape index (κ2) is 9.97. The highest BCUT2D eigenvalue weighted by molar-refractivity contribution is 6.31. The van der Waals surface area contributed by atoms with E-state index in [-0.39, 0.29) is 18.3 Å². The molecule has 3 aromatic rings. The smallest absolute Gasteiger partial charge is 0.268 e. The number of carbonyl (C=O) groups excluding carboxylic acids is 1. The van der Waals surface area contributed by atoms with Crippen molar-refractivity contribution in [3.05, 3.63) is 59.2 Å². The molecule has 0 unspecified atom stereocenters. The maximum absolute atomic E-state index is 13.0. The van der Waals surface area contributed by atoms with Crippen LogP contribution in [0.3, 0.4) is 0 Å². The van der Waals surface area contributed by atoms with Crippen LogP contribution in [0.1, 0.15) is 24.3 Å². The maximum Gasteiger partial charge on any atom is 0.268 e. The molecule has 0 aliphatic heterocycles. The molecule has 0 saturated heterocycles. The van der Waals surface area contributed by atoms with E-state index in [1.807, 2.05) is 48.0 Å². The summed E-state index contributed by atoms with van der Waals surface area (Å²) >= 11 is 6.25. The summed E-state index contributed by atoms with van der Waals surface area (Å²) < 4.78 is 1.98. The molecule has 0 spiro atoms. The van der Waals surface area contributed by atoms with Crippen molar-refractivity contribution in [2.45, 2.75) is 13.8 Å². The molecule has 0 aliphatic carbocycles. The van der Waals surface area contributed by atoms with Crippen molar-refractivity contribution in [2.75, 3.05) is 26.2 Å². The third-order valence-corrected chi connectivity index (χ3v) is 5.27. The third-order valence-electron chi connectivity index (χ3n) is 5.03. The Morgan fingerprint density at radius 1 is 1.07 bits per heavy atom. The number of fused-ring (bicyclic) bond motifs is 1. The average molecular weight is 420 g/mol. The lowest BCUT2D eigenvalue weighted by molar-refractivity contribution is 0.0942. The fraction of sp³-hybridized carbons (Fsp3) is 0.318. The number of rotatable bonds is 7. The van der Waals surface area contributed by atoms with Gasteiger partial charge in [0.15, 0.2) is 0 Å². The molecule has 0 fully saturated rings. The lowest BCUT2D eigenvalue weighted by atomic mass is 10.1. The number of nitrogens with one attached hydrogen (secondary N) is 1. The predicted molar refractivity (Wildman–Crippen MR) is 121 cm³/mol. The topological polar surface area (TPSA) is 37.3 Å². The van der Waals surface area contributed by atoms with Gasteiger partial charge in [-0.3, -0.25) is 4.79 Å². The van der Waals surface area contributed by atoms with E-state index in [0.717, 1.165) is 41.7 Å². The molecule has 4 nitrogen and oxygen atoms in total. The molecule has 1 aromatic heterocycles. The van der Waals surface area contributed by atoms with Gasteiger partial charge in [-0.2, -0.15) is 0 Å². The summed E-state index contributed by atoms with van der Waals surface area (Å²) in [5.41, 5.74) is 2.73. The van der Waals surface area contributed by atoms with Crippen LogP contribution in [0.4, 0.5) is 0 Å². The summed E-state index contributed by atoms with van der Waals surface area (Å²) in [5.74, 6) is -0.0563. The summed E-state index contributed by atoms with van der Waals surface area (Å²) in [7, 11) is 1.94. The molecule has 0 saturated carbocycles. The second-order valence-electron chi connectivity index (χ2n) is 6.59. The Balaban J connectivity index is 0.00000280. The van der Waals surface area contributed by atoms with E-state index in [1.165, 1.54) is 0 Å². The molecule has 3 rings (SSSR count). The fourth-order valence-electron chi connectivity index (χ4n) is 3.56. The Hall–Kier alpha value is -2.01. The van der Waals surface area contributed by atoms with Crippen molar-refractivity contribution >= 4 is 40.7 Å². The van der Waals surface area contributed by atoms with E-state index in [0.29, 0.717) is 17.3 Å². The van der Waals surface area contributed by atoms with E-state index in [1.54, 1.807) is 0 Å². The average Bonchev–Trinajstić information content (AvgIpc) is 2.96. The van der Waals surface area contributed by atoms with Gasteiger partial charge in [0.05, 0.1) is 5.69 Å². The lowest BCUT2D eigenvalue weighted by Gasteiger charge is -2.18. The van der Waals surface area contributed by atoms with Gasteiger partial charge in [0.1, 0.15) is 5.69 Å². The number of benzene rings is 2. The van der Waals surface area contributed by atoms with Crippen LogP contribution in [0.2, 0.25) is 5.02 Å². The molecule has 1 amide bonds. The van der Waals surface area contributed by atoms with Crippen molar-refractivity contribution in [3.63, 3.8) is 0 Å². The Morgan fingerprint density at radius 3 is 2.39 bits per heavy atom. The Kier molecular flexibility index (Phi) is 7.93. The van der Waals surface area contributed by atoms with E-state index in [9.17, 15) is 4.79 Å². The first-order chi connectivity index (χ1) is 13.1. The van der Waals surface area contributed by atoms with E-state index >= 15 is 0 Å². The van der Waals surface area contributed by atoms with Gasteiger partial charge in [0.2, 0.25) is 0 Å². The van der Waals surface area contributed by atoms with Crippen LogP contribution in [0.15, 0.2) is 48.5 Å². The summed E-state index contributed by atoms with van der Waals surface area (Å²) in [5, 5.41) is 5.65. The predicted octanol–water partition coefficient (Wildman–Crippen LogP) is 4.99. The molecule has 0 aliphatic rings. The number of carbonyl (C=O) groups is 1. The minimum atomic E-state index is -0.0563. The number of halogens is 2. The number of hydrogen-bond donors (Lipinski definition) is 1. The number of aromatic nitrogens is 1. The normalized spacial score (nSPS) is 10.9. The van der Waals surface area contributed by atoms with Gasteiger partial charge in [0.25, 0.3) is 5.91 Å². The molecule has 0 bridgehead atoms. The van der Waals surface area contributed by atoms with Crippen molar-refractivity contribution in [3.8, 4) is 11.3 Å². The molecule has 0 atom stereocenters. The molecule has 2 aromatic carbocycles. The van der Waals surface area contributed by atoms with Gasteiger partial charge in [-0.05, 0) is 30.8 Å². The largest absolute Gasteiger partial charge is 0.349 e. The van der Waals surface area contributed by atoms with Crippen molar-refractivity contribution in [1.29, 1.82) is 0 Å². The van der Waals surface area contributed by atoms with Crippen LogP contribution in [0.25, 0.3) is 22.0 Å². The summed E-state index contributed by atoms with van der Waals surface area (Å²) in [6, 6.07) is 15.8. The van der Waals surface area contributed by atoms with Crippen LogP contribution < -0.4 is 5.32 Å². The number of hydrogen-bond acceptors (Lipinski definition) is 2. The summed E-state index contributed by atoms with van der Waals surface area (Å²) in [6.07, 6.45) is 0. The Labute approximate surface area is 177 Å². The zero-order valence-electron chi connectivity index (χ0n) is 16.5. The van der Waals surface area contributed by atoms with Crippen molar-refractivity contribution in [2.24, 2.45) is 7.05 Å². The molecule has 150 valence electrons. The van der Waals surface area contributed by atoms with Crippen LogP contribution >= 0.6 is 24.0 Å². The second-order valence-corrected chi connectivity index (χ2v) is 7.03. The first kappa shape index (κ1) is 22.3. The van der Waals surface area contributed by atoms with Gasteiger partial charge in [-0.1, -0.05) is 61.8 Å². The van der Waals surface area contributed by atoms with E-state index < -0.39 is 0 Å². The van der Waals surface area contributed by atoms with Crippen LogP contribution in [-0.4, -0.2) is 41.6 Å². The highest BCUT2D eigenvalue weighted by atomic mass is 35.5.